The van der Waals surface area contributed by atoms with Crippen LogP contribution in [0.3, 0.4) is 0 Å². The minimum Gasteiger partial charge on any atom is -0.0847 e. The molecule has 12 heavy (non-hydrogen) atoms. The first-order valence-corrected chi connectivity index (χ1v) is 5.65. The first kappa shape index (κ1) is 6.23. The summed E-state index contributed by atoms with van der Waals surface area (Å²) >= 11 is 0. The molecule has 0 heteroatoms. The highest BCUT2D eigenvalue weighted by Crippen LogP contribution is 2.91. The zero-order valence-electron chi connectivity index (χ0n) is 7.55. The fourth-order valence-corrected chi connectivity index (χ4v) is 4.61. The third-order valence-electron chi connectivity index (χ3n) is 5.05. The van der Waals surface area contributed by atoms with Gasteiger partial charge in [0, 0.05) is 5.41 Å². The van der Waals surface area contributed by atoms with Crippen molar-refractivity contribution in [3.63, 3.8) is 0 Å². The van der Waals surface area contributed by atoms with Gasteiger partial charge in [0.15, 0.2) is 0 Å². The molecule has 0 amide bonds. The molecular weight excluding hydrogens is 144 g/mol. The summed E-state index contributed by atoms with van der Waals surface area (Å²) in [6, 6.07) is 0. The molecule has 0 aliphatic heterocycles. The molecule has 3 saturated carbocycles. The fraction of sp³-hybridized carbons (Fsp3) is 0.833. The molecule has 0 radical (unpaired) electrons. The topological polar surface area (TPSA) is 0 Å². The van der Waals surface area contributed by atoms with Crippen LogP contribution >= 0.6 is 0 Å². The van der Waals surface area contributed by atoms with E-state index in [-0.39, 0.29) is 0 Å². The zero-order valence-corrected chi connectivity index (χ0v) is 7.55. The largest absolute Gasteiger partial charge is 0.0847 e. The smallest absolute Gasteiger partial charge is 0.000862 e. The Morgan fingerprint density at radius 1 is 1.17 bits per heavy atom. The molecule has 2 atom stereocenters. The summed E-state index contributed by atoms with van der Waals surface area (Å²) in [5.74, 6) is 3.57. The van der Waals surface area contributed by atoms with Crippen molar-refractivity contribution in [3.05, 3.63) is 11.6 Å². The third kappa shape index (κ3) is 0.448. The van der Waals surface area contributed by atoms with Gasteiger partial charge >= 0.3 is 0 Å². The first-order valence-electron chi connectivity index (χ1n) is 5.65. The molecule has 0 N–H and O–H groups in total. The summed E-state index contributed by atoms with van der Waals surface area (Å²) in [5, 5.41) is 0. The molecule has 0 heterocycles. The fourth-order valence-electron chi connectivity index (χ4n) is 4.61. The van der Waals surface area contributed by atoms with Crippen molar-refractivity contribution in [1.82, 2.24) is 0 Å². The summed E-state index contributed by atoms with van der Waals surface area (Å²) < 4.78 is 0. The SMILES string of the molecule is C1=C(C23C4CCCC2C43)CCC1. The number of hydrogen-bond donors (Lipinski definition) is 0. The van der Waals surface area contributed by atoms with Gasteiger partial charge in [-0.05, 0) is 49.9 Å². The van der Waals surface area contributed by atoms with Gasteiger partial charge in [-0.15, -0.1) is 0 Å². The van der Waals surface area contributed by atoms with E-state index in [1.165, 1.54) is 37.0 Å². The van der Waals surface area contributed by atoms with Gasteiger partial charge in [-0.25, -0.2) is 0 Å². The minimum atomic E-state index is 0.870. The molecule has 0 nitrogen and oxygen atoms in total. The van der Waals surface area contributed by atoms with Crippen molar-refractivity contribution in [1.29, 1.82) is 0 Å². The van der Waals surface area contributed by atoms with Crippen LogP contribution < -0.4 is 0 Å². The Balaban J connectivity index is 1.70. The van der Waals surface area contributed by atoms with Crippen LogP contribution in [0.1, 0.15) is 38.5 Å². The van der Waals surface area contributed by atoms with Gasteiger partial charge in [-0.1, -0.05) is 18.1 Å². The quantitative estimate of drug-likeness (QED) is 0.517. The second kappa shape index (κ2) is 1.66. The maximum atomic E-state index is 2.58. The van der Waals surface area contributed by atoms with Crippen molar-refractivity contribution in [2.45, 2.75) is 38.5 Å². The van der Waals surface area contributed by atoms with Crippen molar-refractivity contribution < 1.29 is 0 Å². The summed E-state index contributed by atoms with van der Waals surface area (Å²) in [5.41, 5.74) is 2.77. The van der Waals surface area contributed by atoms with Crippen LogP contribution in [0.15, 0.2) is 11.6 Å². The molecule has 4 aliphatic carbocycles. The zero-order chi connectivity index (χ0) is 7.76. The monoisotopic (exact) mass is 160 g/mol. The number of allylic oxidation sites excluding steroid dienone is 2. The van der Waals surface area contributed by atoms with E-state index in [4.69, 9.17) is 0 Å². The van der Waals surface area contributed by atoms with E-state index in [0.717, 1.165) is 5.41 Å². The van der Waals surface area contributed by atoms with Crippen LogP contribution in [0, 0.1) is 23.2 Å². The highest BCUT2D eigenvalue weighted by atomic mass is 14.9. The van der Waals surface area contributed by atoms with Crippen LogP contribution in [0.5, 0.6) is 0 Å². The Morgan fingerprint density at radius 2 is 2.00 bits per heavy atom. The predicted octanol–water partition coefficient (Wildman–Crippen LogP) is 3.14. The van der Waals surface area contributed by atoms with Crippen LogP contribution in [0.4, 0.5) is 0 Å². The number of hydrogen-bond acceptors (Lipinski definition) is 0. The van der Waals surface area contributed by atoms with Crippen molar-refractivity contribution in [2.75, 3.05) is 0 Å². The maximum absolute atomic E-state index is 2.58. The van der Waals surface area contributed by atoms with Gasteiger partial charge in [0.05, 0.1) is 0 Å². The predicted molar refractivity (Wildman–Crippen MR) is 48.7 cm³/mol. The summed E-state index contributed by atoms with van der Waals surface area (Å²) in [4.78, 5) is 0. The minimum absolute atomic E-state index is 0.870. The van der Waals surface area contributed by atoms with Gasteiger partial charge < -0.3 is 0 Å². The molecule has 64 valence electrons. The molecule has 4 aliphatic rings. The number of rotatable bonds is 1. The van der Waals surface area contributed by atoms with Crippen LogP contribution in [-0.2, 0) is 0 Å². The van der Waals surface area contributed by atoms with Crippen molar-refractivity contribution in [2.24, 2.45) is 23.2 Å². The standard InChI is InChI=1S/C12H16/c1-2-5-8(4-1)12-9-6-3-7-10(12)11(9)12/h4,9-11H,1-3,5-7H2. The lowest BCUT2D eigenvalue weighted by atomic mass is 9.79. The summed E-state index contributed by atoms with van der Waals surface area (Å²) in [6.07, 6.45) is 11.6. The molecule has 0 aromatic carbocycles. The molecule has 2 unspecified atom stereocenters. The van der Waals surface area contributed by atoms with E-state index in [9.17, 15) is 0 Å². The van der Waals surface area contributed by atoms with Gasteiger partial charge in [-0.3, -0.25) is 0 Å². The van der Waals surface area contributed by atoms with Gasteiger partial charge in [-0.2, -0.15) is 0 Å². The normalized spacial score (nSPS) is 59.3. The molecule has 0 aromatic heterocycles. The molecular formula is C12H16. The highest BCUT2D eigenvalue weighted by Gasteiger charge is 2.86. The highest BCUT2D eigenvalue weighted by molar-refractivity contribution is 5.46. The van der Waals surface area contributed by atoms with Crippen LogP contribution in [0.2, 0.25) is 0 Å². The van der Waals surface area contributed by atoms with E-state index in [1.54, 1.807) is 19.3 Å². The molecule has 0 aromatic rings. The molecule has 0 spiro atoms. The Kier molecular flexibility index (Phi) is 0.865. The average Bonchev–Trinajstić information content (AvgIpc) is 2.92. The second-order valence-corrected chi connectivity index (χ2v) is 5.22. The Labute approximate surface area is 74.0 Å². The lowest BCUT2D eigenvalue weighted by Crippen LogP contribution is -2.16. The van der Waals surface area contributed by atoms with Gasteiger partial charge in [0.1, 0.15) is 0 Å². The van der Waals surface area contributed by atoms with E-state index >= 15 is 0 Å². The van der Waals surface area contributed by atoms with E-state index < -0.39 is 0 Å². The van der Waals surface area contributed by atoms with E-state index in [0.29, 0.717) is 0 Å². The van der Waals surface area contributed by atoms with Crippen molar-refractivity contribution in [3.8, 4) is 0 Å². The third-order valence-corrected chi connectivity index (χ3v) is 5.05. The van der Waals surface area contributed by atoms with Crippen molar-refractivity contribution >= 4 is 0 Å². The second-order valence-electron chi connectivity index (χ2n) is 5.22. The number of fused-ring (bicyclic) bond motifs is 2. The maximum Gasteiger partial charge on any atom is 0.000862 e. The average molecular weight is 160 g/mol. The first-order chi connectivity index (χ1) is 5.95. The van der Waals surface area contributed by atoms with Crippen LogP contribution in [0.25, 0.3) is 0 Å². The molecule has 4 rings (SSSR count). The Hall–Kier alpha value is -0.260. The summed E-state index contributed by atoms with van der Waals surface area (Å²) in [6.45, 7) is 0. The summed E-state index contributed by atoms with van der Waals surface area (Å²) in [7, 11) is 0. The van der Waals surface area contributed by atoms with E-state index in [2.05, 4.69) is 6.08 Å². The Morgan fingerprint density at radius 3 is 2.58 bits per heavy atom. The molecule has 3 fully saturated rings. The van der Waals surface area contributed by atoms with E-state index in [1.807, 2.05) is 5.57 Å². The molecule has 0 bridgehead atoms. The molecule has 0 saturated heterocycles. The lowest BCUT2D eigenvalue weighted by molar-refractivity contribution is 0.291. The Bertz CT molecular complexity index is 252. The lowest BCUT2D eigenvalue weighted by Gasteiger charge is -2.25. The van der Waals surface area contributed by atoms with Gasteiger partial charge in [0.25, 0.3) is 0 Å². The van der Waals surface area contributed by atoms with Crippen LogP contribution in [-0.4, -0.2) is 0 Å². The van der Waals surface area contributed by atoms with Gasteiger partial charge in [0.2, 0.25) is 0 Å².